The zero-order valence-corrected chi connectivity index (χ0v) is 12.8. The molecule has 0 amide bonds. The van der Waals surface area contributed by atoms with Gasteiger partial charge in [-0.3, -0.25) is 0 Å². The van der Waals surface area contributed by atoms with Crippen molar-refractivity contribution in [3.05, 3.63) is 29.3 Å². The maximum atomic E-state index is 5.62. The summed E-state index contributed by atoms with van der Waals surface area (Å²) in [5.41, 5.74) is 2.79. The second-order valence-corrected chi connectivity index (χ2v) is 6.58. The number of methoxy groups -OCH3 is 1. The second-order valence-electron chi connectivity index (χ2n) is 6.58. The summed E-state index contributed by atoms with van der Waals surface area (Å²) in [5.74, 6) is 2.53. The fraction of sp³-hybridized carbons (Fsp3) is 0.667. The summed E-state index contributed by atoms with van der Waals surface area (Å²) in [7, 11) is 1.80. The number of ether oxygens (including phenoxy) is 1. The average Bonchev–Trinajstić information content (AvgIpc) is 3.29. The van der Waals surface area contributed by atoms with Crippen molar-refractivity contribution < 1.29 is 4.74 Å². The molecular formula is C18H27NO. The van der Waals surface area contributed by atoms with Crippen LogP contribution in [0.5, 0.6) is 5.75 Å². The van der Waals surface area contributed by atoms with Crippen LogP contribution in [0.1, 0.15) is 55.6 Å². The molecule has 0 bridgehead atoms. The van der Waals surface area contributed by atoms with Crippen LogP contribution in [0.2, 0.25) is 0 Å². The van der Waals surface area contributed by atoms with E-state index in [1.54, 1.807) is 7.11 Å². The summed E-state index contributed by atoms with van der Waals surface area (Å²) < 4.78 is 5.62. The molecule has 2 aliphatic carbocycles. The summed E-state index contributed by atoms with van der Waals surface area (Å²) >= 11 is 0. The molecular weight excluding hydrogens is 246 g/mol. The number of hydrogen-bond acceptors (Lipinski definition) is 2. The molecule has 3 rings (SSSR count). The molecule has 2 fully saturated rings. The lowest BCUT2D eigenvalue weighted by Gasteiger charge is -2.33. The van der Waals surface area contributed by atoms with E-state index in [0.29, 0.717) is 5.92 Å². The Kier molecular flexibility index (Phi) is 4.30. The first-order valence-corrected chi connectivity index (χ1v) is 8.16. The lowest BCUT2D eigenvalue weighted by atomic mass is 9.75. The molecule has 2 heteroatoms. The summed E-state index contributed by atoms with van der Waals surface area (Å²) in [6.07, 6.45) is 8.19. The molecule has 1 aromatic rings. The van der Waals surface area contributed by atoms with Crippen LogP contribution in [0.25, 0.3) is 0 Å². The molecule has 1 N–H and O–H groups in total. The Morgan fingerprint density at radius 1 is 1.15 bits per heavy atom. The lowest BCUT2D eigenvalue weighted by Crippen LogP contribution is -2.31. The minimum absolute atomic E-state index is 0.671. The van der Waals surface area contributed by atoms with Crippen LogP contribution in [0.4, 0.5) is 0 Å². The van der Waals surface area contributed by atoms with Crippen molar-refractivity contribution >= 4 is 0 Å². The van der Waals surface area contributed by atoms with Gasteiger partial charge in [0.05, 0.1) is 7.11 Å². The maximum absolute atomic E-state index is 5.62. The van der Waals surface area contributed by atoms with E-state index in [0.717, 1.165) is 17.7 Å². The van der Waals surface area contributed by atoms with Gasteiger partial charge in [-0.15, -0.1) is 0 Å². The molecule has 1 aromatic carbocycles. The fourth-order valence-corrected chi connectivity index (χ4v) is 3.61. The molecule has 0 aliphatic heterocycles. The summed E-state index contributed by atoms with van der Waals surface area (Å²) in [6, 6.07) is 7.46. The van der Waals surface area contributed by atoms with Crippen LogP contribution in [-0.4, -0.2) is 19.7 Å². The van der Waals surface area contributed by atoms with Crippen LogP contribution in [-0.2, 0) is 0 Å². The standard InChI is InChI=1S/C18H27NO/c1-13-7-10-18(20-2)17(11-13)16-6-4-3-5-14(16)12-19-15-8-9-15/h7,10-11,14-16,19H,3-6,8-9,12H2,1-2H3. The van der Waals surface area contributed by atoms with Gasteiger partial charge >= 0.3 is 0 Å². The maximum Gasteiger partial charge on any atom is 0.122 e. The van der Waals surface area contributed by atoms with Crippen LogP contribution < -0.4 is 10.1 Å². The Balaban J connectivity index is 1.78. The first-order chi connectivity index (χ1) is 9.78. The first kappa shape index (κ1) is 13.9. The highest BCUT2D eigenvalue weighted by Gasteiger charge is 2.30. The molecule has 0 spiro atoms. The van der Waals surface area contributed by atoms with E-state index in [-0.39, 0.29) is 0 Å². The van der Waals surface area contributed by atoms with Gasteiger partial charge in [0, 0.05) is 6.04 Å². The molecule has 110 valence electrons. The number of nitrogens with one attached hydrogen (secondary N) is 1. The third-order valence-electron chi connectivity index (χ3n) is 4.94. The number of benzene rings is 1. The molecule has 2 saturated carbocycles. The highest BCUT2D eigenvalue weighted by atomic mass is 16.5. The molecule has 0 aromatic heterocycles. The van der Waals surface area contributed by atoms with Crippen molar-refractivity contribution in [2.45, 2.75) is 57.4 Å². The summed E-state index contributed by atoms with van der Waals surface area (Å²) in [4.78, 5) is 0. The Morgan fingerprint density at radius 3 is 2.70 bits per heavy atom. The van der Waals surface area contributed by atoms with Crippen molar-refractivity contribution in [2.24, 2.45) is 5.92 Å². The van der Waals surface area contributed by atoms with Crippen molar-refractivity contribution in [1.29, 1.82) is 0 Å². The largest absolute Gasteiger partial charge is 0.496 e. The summed E-state index contributed by atoms with van der Waals surface area (Å²) in [6.45, 7) is 3.37. The number of aryl methyl sites for hydroxylation is 1. The third kappa shape index (κ3) is 3.17. The molecule has 2 nitrogen and oxygen atoms in total. The number of rotatable bonds is 5. The van der Waals surface area contributed by atoms with Crippen molar-refractivity contribution in [1.82, 2.24) is 5.32 Å². The lowest BCUT2D eigenvalue weighted by molar-refractivity contribution is 0.287. The Bertz CT molecular complexity index is 453. The first-order valence-electron chi connectivity index (χ1n) is 8.16. The molecule has 2 aliphatic rings. The van der Waals surface area contributed by atoms with E-state index in [1.807, 2.05) is 0 Å². The highest BCUT2D eigenvalue weighted by Crippen LogP contribution is 2.41. The SMILES string of the molecule is COc1ccc(C)cc1C1CCCCC1CNC1CC1. The Labute approximate surface area is 122 Å². The van der Waals surface area contributed by atoms with Gasteiger partial charge in [0.25, 0.3) is 0 Å². The normalized spacial score (nSPS) is 26.5. The van der Waals surface area contributed by atoms with Crippen molar-refractivity contribution in [2.75, 3.05) is 13.7 Å². The van der Waals surface area contributed by atoms with Gasteiger partial charge in [0.15, 0.2) is 0 Å². The summed E-state index contributed by atoms with van der Waals surface area (Å²) in [5, 5.41) is 3.74. The van der Waals surface area contributed by atoms with Gasteiger partial charge in [-0.05, 0) is 62.6 Å². The van der Waals surface area contributed by atoms with Crippen LogP contribution in [0.3, 0.4) is 0 Å². The Morgan fingerprint density at radius 2 is 1.95 bits per heavy atom. The number of hydrogen-bond donors (Lipinski definition) is 1. The topological polar surface area (TPSA) is 21.3 Å². The van der Waals surface area contributed by atoms with E-state index in [2.05, 4.69) is 30.4 Å². The molecule has 20 heavy (non-hydrogen) atoms. The van der Waals surface area contributed by atoms with Crippen LogP contribution in [0, 0.1) is 12.8 Å². The molecule has 0 saturated heterocycles. The van der Waals surface area contributed by atoms with E-state index in [9.17, 15) is 0 Å². The van der Waals surface area contributed by atoms with E-state index in [4.69, 9.17) is 4.74 Å². The van der Waals surface area contributed by atoms with Crippen LogP contribution >= 0.6 is 0 Å². The molecule has 0 heterocycles. The second kappa shape index (κ2) is 6.17. The zero-order chi connectivity index (χ0) is 13.9. The average molecular weight is 273 g/mol. The van der Waals surface area contributed by atoms with Crippen LogP contribution in [0.15, 0.2) is 18.2 Å². The molecule has 2 unspecified atom stereocenters. The Hall–Kier alpha value is -1.02. The van der Waals surface area contributed by atoms with Crippen molar-refractivity contribution in [3.8, 4) is 5.75 Å². The van der Waals surface area contributed by atoms with Gasteiger partial charge in [-0.1, -0.05) is 30.5 Å². The van der Waals surface area contributed by atoms with Gasteiger partial charge in [-0.25, -0.2) is 0 Å². The van der Waals surface area contributed by atoms with Gasteiger partial charge in [0.1, 0.15) is 5.75 Å². The quantitative estimate of drug-likeness (QED) is 0.874. The molecule has 0 radical (unpaired) electrons. The monoisotopic (exact) mass is 273 g/mol. The van der Waals surface area contributed by atoms with E-state index in [1.165, 1.54) is 56.2 Å². The van der Waals surface area contributed by atoms with Gasteiger partial charge in [0.2, 0.25) is 0 Å². The fourth-order valence-electron chi connectivity index (χ4n) is 3.61. The van der Waals surface area contributed by atoms with E-state index >= 15 is 0 Å². The minimum atomic E-state index is 0.671. The predicted octanol–water partition coefficient (Wildman–Crippen LogP) is 4.03. The highest BCUT2D eigenvalue weighted by molar-refractivity contribution is 5.40. The van der Waals surface area contributed by atoms with Crippen molar-refractivity contribution in [3.63, 3.8) is 0 Å². The van der Waals surface area contributed by atoms with Gasteiger partial charge < -0.3 is 10.1 Å². The minimum Gasteiger partial charge on any atom is -0.496 e. The smallest absolute Gasteiger partial charge is 0.122 e. The van der Waals surface area contributed by atoms with E-state index < -0.39 is 0 Å². The zero-order valence-electron chi connectivity index (χ0n) is 12.8. The molecule has 2 atom stereocenters. The predicted molar refractivity (Wildman–Crippen MR) is 83.5 cm³/mol. The third-order valence-corrected chi connectivity index (χ3v) is 4.94. The van der Waals surface area contributed by atoms with Gasteiger partial charge in [-0.2, -0.15) is 0 Å².